The van der Waals surface area contributed by atoms with Gasteiger partial charge in [0.15, 0.2) is 5.60 Å². The van der Waals surface area contributed by atoms with Crippen LogP contribution in [-0.4, -0.2) is 107 Å². The smallest absolute Gasteiger partial charge is 0.298 e. The molecule has 2 aliphatic carbocycles. The number of nitrogens with two attached hydrogens (primary N) is 1. The first-order valence-electron chi connectivity index (χ1n) is 18.6. The van der Waals surface area contributed by atoms with Gasteiger partial charge in [0.05, 0.1) is 44.5 Å². The first-order chi connectivity index (χ1) is 25.5. The molecular weight excluding hydrogens is 744 g/mol. The molecule has 2 amide bonds. The third kappa shape index (κ3) is 8.12. The summed E-state index contributed by atoms with van der Waals surface area (Å²) in [4.78, 5) is 32.4. The Morgan fingerprint density at radius 2 is 1.96 bits per heavy atom. The van der Waals surface area contributed by atoms with Crippen LogP contribution in [0.25, 0.3) is 0 Å². The number of nitrogens with one attached hydrogen (secondary N) is 1. The number of carbonyl (C=O) groups is 2. The molecule has 5 aliphatic rings. The molecule has 7 rings (SSSR count). The lowest BCUT2D eigenvalue weighted by Crippen LogP contribution is -2.57. The Balaban J connectivity index is 1.27. The molecule has 1 spiro atoms. The summed E-state index contributed by atoms with van der Waals surface area (Å²) in [5.74, 6) is -3.79. The zero-order chi connectivity index (χ0) is 38.5. The van der Waals surface area contributed by atoms with Crippen molar-refractivity contribution in [1.29, 1.82) is 0 Å². The SMILES string of the molecule is CN1CC/C=C\[C@H](OCCN2CC(F)(F)C2)[C@@H]2CC[C@H]2CN2C[C@@]3(CCCc4cc(Cl)ccc43)COc3ccc(cc32)[C@@](O)(C(=O)NS(N)(=O)=O)CC1=O. The fourth-order valence-corrected chi connectivity index (χ4v) is 9.44. The van der Waals surface area contributed by atoms with Crippen molar-refractivity contribution in [3.63, 3.8) is 0 Å². The zero-order valence-corrected chi connectivity index (χ0v) is 31.9. The highest BCUT2D eigenvalue weighted by Gasteiger charge is 2.47. The second kappa shape index (κ2) is 15.0. The van der Waals surface area contributed by atoms with Gasteiger partial charge in [0.1, 0.15) is 5.75 Å². The Kier molecular flexibility index (Phi) is 10.8. The molecule has 2 aromatic carbocycles. The minimum atomic E-state index is -4.59. The molecule has 2 bridgehead atoms. The summed E-state index contributed by atoms with van der Waals surface area (Å²) in [6.45, 7) is 1.89. The number of anilines is 1. The lowest BCUT2D eigenvalue weighted by Gasteiger charge is -2.46. The van der Waals surface area contributed by atoms with Crippen LogP contribution in [0.5, 0.6) is 5.75 Å². The Bertz CT molecular complexity index is 1910. The van der Waals surface area contributed by atoms with Crippen LogP contribution in [0.1, 0.15) is 55.2 Å². The van der Waals surface area contributed by atoms with E-state index in [1.807, 2.05) is 24.3 Å². The first kappa shape index (κ1) is 38.9. The number of fused-ring (bicyclic) bond motifs is 4. The van der Waals surface area contributed by atoms with Gasteiger partial charge in [0, 0.05) is 43.7 Å². The second-order valence-electron chi connectivity index (χ2n) is 15.7. The van der Waals surface area contributed by atoms with E-state index < -0.39 is 45.4 Å². The molecule has 2 aromatic rings. The number of rotatable bonds is 6. The van der Waals surface area contributed by atoms with Gasteiger partial charge in [0.25, 0.3) is 22.0 Å². The first-order valence-corrected chi connectivity index (χ1v) is 20.5. The van der Waals surface area contributed by atoms with Gasteiger partial charge in [-0.1, -0.05) is 35.9 Å². The average Bonchev–Trinajstić information content (AvgIpc) is 3.22. The summed E-state index contributed by atoms with van der Waals surface area (Å²) >= 11 is 6.44. The van der Waals surface area contributed by atoms with Crippen LogP contribution >= 0.6 is 11.6 Å². The van der Waals surface area contributed by atoms with Crippen LogP contribution in [0.3, 0.4) is 0 Å². The van der Waals surface area contributed by atoms with Gasteiger partial charge < -0.3 is 24.4 Å². The summed E-state index contributed by atoms with van der Waals surface area (Å²) in [5.41, 5.74) is -0.0944. The predicted molar refractivity (Wildman–Crippen MR) is 199 cm³/mol. The van der Waals surface area contributed by atoms with Crippen molar-refractivity contribution in [2.75, 3.05) is 64.4 Å². The molecule has 2 fully saturated rings. The van der Waals surface area contributed by atoms with E-state index in [0.29, 0.717) is 55.7 Å². The predicted octanol–water partition coefficient (Wildman–Crippen LogP) is 3.49. The van der Waals surface area contributed by atoms with Crippen molar-refractivity contribution in [3.05, 3.63) is 70.3 Å². The third-order valence-corrected chi connectivity index (χ3v) is 12.6. The van der Waals surface area contributed by atoms with Gasteiger partial charge in [-0.25, -0.2) is 18.6 Å². The maximum absolute atomic E-state index is 13.6. The van der Waals surface area contributed by atoms with Gasteiger partial charge in [0.2, 0.25) is 5.91 Å². The van der Waals surface area contributed by atoms with Gasteiger partial charge in [-0.05, 0) is 91.3 Å². The molecule has 0 radical (unpaired) electrons. The number of amides is 2. The summed E-state index contributed by atoms with van der Waals surface area (Å²) in [6.07, 6.45) is 7.82. The number of alkyl halides is 2. The number of nitrogens with zero attached hydrogens (tertiary/aromatic N) is 3. The van der Waals surface area contributed by atoms with E-state index >= 15 is 0 Å². The Hall–Kier alpha value is -3.34. The Labute approximate surface area is 319 Å². The van der Waals surface area contributed by atoms with E-state index in [2.05, 4.69) is 11.0 Å². The molecule has 12 nitrogen and oxygen atoms in total. The maximum atomic E-state index is 13.6. The van der Waals surface area contributed by atoms with Crippen molar-refractivity contribution in [3.8, 4) is 5.75 Å². The van der Waals surface area contributed by atoms with Crippen LogP contribution < -0.4 is 19.5 Å². The molecular formula is C38H48ClF2N5O7S. The number of ether oxygens (including phenoxy) is 2. The molecule has 1 saturated carbocycles. The molecule has 3 aliphatic heterocycles. The van der Waals surface area contributed by atoms with Crippen molar-refractivity contribution in [2.24, 2.45) is 17.0 Å². The Morgan fingerprint density at radius 3 is 2.69 bits per heavy atom. The molecule has 3 heterocycles. The van der Waals surface area contributed by atoms with Crippen molar-refractivity contribution in [2.45, 2.75) is 68.0 Å². The molecule has 54 heavy (non-hydrogen) atoms. The van der Waals surface area contributed by atoms with E-state index in [4.69, 9.17) is 26.2 Å². The summed E-state index contributed by atoms with van der Waals surface area (Å²) in [6, 6.07) is 10.7. The molecule has 16 heteroatoms. The van der Waals surface area contributed by atoms with E-state index in [0.717, 1.165) is 43.2 Å². The number of halogens is 3. The fourth-order valence-electron chi connectivity index (χ4n) is 8.82. The topological polar surface area (TPSA) is 155 Å². The van der Waals surface area contributed by atoms with Gasteiger partial charge in [-0.3, -0.25) is 14.5 Å². The minimum Gasteiger partial charge on any atom is -0.490 e. The largest absolute Gasteiger partial charge is 0.490 e. The normalized spacial score (nSPS) is 30.6. The fraction of sp³-hybridized carbons (Fsp3) is 0.579. The highest BCUT2D eigenvalue weighted by molar-refractivity contribution is 7.87. The number of hydrogen-bond donors (Lipinski definition) is 3. The molecule has 0 unspecified atom stereocenters. The van der Waals surface area contributed by atoms with E-state index in [1.165, 1.54) is 18.0 Å². The van der Waals surface area contributed by atoms with Crippen LogP contribution in [-0.2, 0) is 42.0 Å². The second-order valence-corrected chi connectivity index (χ2v) is 17.5. The quantitative estimate of drug-likeness (QED) is 0.373. The number of likely N-dealkylation sites (tertiary alicyclic amines) is 1. The number of hydrogen-bond acceptors (Lipinski definition) is 9. The number of aliphatic hydroxyl groups is 1. The van der Waals surface area contributed by atoms with Crippen molar-refractivity contribution < 1.29 is 41.4 Å². The highest BCUT2D eigenvalue weighted by atomic mass is 35.5. The van der Waals surface area contributed by atoms with E-state index in [1.54, 1.807) is 21.8 Å². The van der Waals surface area contributed by atoms with E-state index in [-0.39, 0.29) is 43.1 Å². The maximum Gasteiger partial charge on any atom is 0.298 e. The molecule has 1 saturated heterocycles. The van der Waals surface area contributed by atoms with Gasteiger partial charge in [-0.2, -0.15) is 8.42 Å². The van der Waals surface area contributed by atoms with Crippen LogP contribution in [0.2, 0.25) is 5.02 Å². The standard InChI is InChI=1S/C38H48ClF2N5O7S/c1-44-14-3-2-6-32(52-16-15-45-22-37(40,41)23-45)29-10-7-26(29)20-46-21-36(13-4-5-25-17-28(39)9-11-30(25)36)24-53-33-12-8-27(18-31(33)46)38(49,19-34(44)47)35(48)43-54(42,50)51/h2,6,8-9,11-12,17-18,26,29,32,49H,3-5,7,10,13-16,19-24H2,1H3,(H,43,48)(H2,42,50,51)/b6-2-/t26-,29+,32-,36-,38+/m0/s1. The monoisotopic (exact) mass is 791 g/mol. The highest BCUT2D eigenvalue weighted by Crippen LogP contribution is 2.48. The van der Waals surface area contributed by atoms with Gasteiger partial charge >= 0.3 is 0 Å². The Morgan fingerprint density at radius 1 is 1.17 bits per heavy atom. The third-order valence-electron chi connectivity index (χ3n) is 11.9. The average molecular weight is 792 g/mol. The van der Waals surface area contributed by atoms with Crippen LogP contribution in [0, 0.1) is 11.8 Å². The van der Waals surface area contributed by atoms with E-state index in [9.17, 15) is 31.9 Å². The zero-order valence-electron chi connectivity index (χ0n) is 30.3. The van der Waals surface area contributed by atoms with Crippen molar-refractivity contribution in [1.82, 2.24) is 14.5 Å². The molecule has 0 aromatic heterocycles. The van der Waals surface area contributed by atoms with Crippen LogP contribution in [0.4, 0.5) is 14.5 Å². The lowest BCUT2D eigenvalue weighted by molar-refractivity contribution is -0.148. The lowest BCUT2D eigenvalue weighted by atomic mass is 9.68. The molecule has 294 valence electrons. The van der Waals surface area contributed by atoms with Crippen LogP contribution in [0.15, 0.2) is 48.6 Å². The molecule has 5 atom stereocenters. The van der Waals surface area contributed by atoms with Crippen molar-refractivity contribution >= 4 is 39.3 Å². The summed E-state index contributed by atoms with van der Waals surface area (Å²) < 4.78 is 65.8. The molecule has 4 N–H and O–H groups in total. The summed E-state index contributed by atoms with van der Waals surface area (Å²) in [7, 11) is -3.05. The minimum absolute atomic E-state index is 0.0134. The number of carbonyl (C=O) groups excluding carboxylic acids is 2. The number of benzene rings is 2. The van der Waals surface area contributed by atoms with Gasteiger partial charge in [-0.15, -0.1) is 0 Å². The summed E-state index contributed by atoms with van der Waals surface area (Å²) in [5, 5.41) is 17.9. The number of aryl methyl sites for hydroxylation is 1.